The Balaban J connectivity index is 2.13. The summed E-state index contributed by atoms with van der Waals surface area (Å²) in [6, 6.07) is 9.50. The summed E-state index contributed by atoms with van der Waals surface area (Å²) in [7, 11) is 0. The minimum Gasteiger partial charge on any atom is -0.451 e. The smallest absolute Gasteiger partial charge is 0.287 e. The predicted molar refractivity (Wildman–Crippen MR) is 71.6 cm³/mol. The van der Waals surface area contributed by atoms with Gasteiger partial charge < -0.3 is 9.73 Å². The fraction of sp³-hybridized carbons (Fsp3) is 0.308. The van der Waals surface area contributed by atoms with Gasteiger partial charge in [0.25, 0.3) is 5.91 Å². The van der Waals surface area contributed by atoms with Crippen molar-refractivity contribution in [1.29, 1.82) is 0 Å². The first-order valence-electron chi connectivity index (χ1n) is 5.56. The molecule has 0 bridgehead atoms. The molecule has 0 aliphatic rings. The van der Waals surface area contributed by atoms with Crippen molar-refractivity contribution in [1.82, 2.24) is 5.32 Å². The Kier molecular flexibility index (Phi) is 3.84. The quantitative estimate of drug-likeness (QED) is 0.879. The number of furan rings is 1. The van der Waals surface area contributed by atoms with E-state index < -0.39 is 0 Å². The van der Waals surface area contributed by atoms with Crippen LogP contribution in [0.3, 0.4) is 0 Å². The Hall–Kier alpha value is -1.29. The standard InChI is InChI=1S/C13H14BrNO2/c1-9(6-7-14)15-13(16)12-8-10-4-2-3-5-11(10)17-12/h2-5,8-9H,6-7H2,1H3,(H,15,16). The van der Waals surface area contributed by atoms with Crippen LogP contribution in [0.1, 0.15) is 23.9 Å². The van der Waals surface area contributed by atoms with Crippen LogP contribution in [-0.2, 0) is 0 Å². The minimum absolute atomic E-state index is 0.134. The molecule has 0 fully saturated rings. The van der Waals surface area contributed by atoms with Gasteiger partial charge in [-0.15, -0.1) is 0 Å². The second-order valence-electron chi connectivity index (χ2n) is 4.00. The number of halogens is 1. The molecule has 0 saturated carbocycles. The minimum atomic E-state index is -0.158. The lowest BCUT2D eigenvalue weighted by molar-refractivity contribution is 0.0914. The molecule has 90 valence electrons. The monoisotopic (exact) mass is 295 g/mol. The zero-order chi connectivity index (χ0) is 12.3. The molecule has 4 heteroatoms. The average molecular weight is 296 g/mol. The van der Waals surface area contributed by atoms with E-state index in [1.54, 1.807) is 6.07 Å². The van der Waals surface area contributed by atoms with Crippen molar-refractivity contribution in [2.24, 2.45) is 0 Å². The number of carbonyl (C=O) groups excluding carboxylic acids is 1. The van der Waals surface area contributed by atoms with E-state index in [-0.39, 0.29) is 11.9 Å². The SMILES string of the molecule is CC(CCBr)NC(=O)c1cc2ccccc2o1. The number of hydrogen-bond acceptors (Lipinski definition) is 2. The molecule has 1 atom stereocenters. The van der Waals surface area contributed by atoms with E-state index >= 15 is 0 Å². The van der Waals surface area contributed by atoms with E-state index in [0.717, 1.165) is 22.7 Å². The highest BCUT2D eigenvalue weighted by Crippen LogP contribution is 2.18. The molecule has 0 saturated heterocycles. The summed E-state index contributed by atoms with van der Waals surface area (Å²) < 4.78 is 5.49. The zero-order valence-corrected chi connectivity index (χ0v) is 11.2. The van der Waals surface area contributed by atoms with Gasteiger partial charge in [0.15, 0.2) is 5.76 Å². The first-order valence-corrected chi connectivity index (χ1v) is 6.68. The van der Waals surface area contributed by atoms with Crippen LogP contribution in [0.15, 0.2) is 34.7 Å². The van der Waals surface area contributed by atoms with Crippen molar-refractivity contribution in [3.05, 3.63) is 36.1 Å². The third-order valence-electron chi connectivity index (χ3n) is 2.57. The molecule has 17 heavy (non-hydrogen) atoms. The summed E-state index contributed by atoms with van der Waals surface area (Å²) in [5.74, 6) is 0.210. The first-order chi connectivity index (χ1) is 8.20. The molecule has 1 N–H and O–H groups in total. The maximum atomic E-state index is 11.9. The molecule has 0 spiro atoms. The van der Waals surface area contributed by atoms with Crippen molar-refractivity contribution < 1.29 is 9.21 Å². The number of hydrogen-bond donors (Lipinski definition) is 1. The molecule has 0 aliphatic heterocycles. The summed E-state index contributed by atoms with van der Waals surface area (Å²) >= 11 is 3.35. The van der Waals surface area contributed by atoms with Gasteiger partial charge in [-0.25, -0.2) is 0 Å². The molecule has 1 aromatic carbocycles. The van der Waals surface area contributed by atoms with Gasteiger partial charge in [0.05, 0.1) is 0 Å². The van der Waals surface area contributed by atoms with Gasteiger partial charge in [-0.2, -0.15) is 0 Å². The molecule has 1 heterocycles. The van der Waals surface area contributed by atoms with Crippen LogP contribution in [0, 0.1) is 0 Å². The molecule has 2 rings (SSSR count). The van der Waals surface area contributed by atoms with Gasteiger partial charge in [0, 0.05) is 16.8 Å². The number of para-hydroxylation sites is 1. The summed E-state index contributed by atoms with van der Waals surface area (Å²) in [6.07, 6.45) is 0.895. The zero-order valence-electron chi connectivity index (χ0n) is 9.57. The van der Waals surface area contributed by atoms with Gasteiger partial charge >= 0.3 is 0 Å². The molecule has 1 aromatic heterocycles. The van der Waals surface area contributed by atoms with Crippen LogP contribution in [0.4, 0.5) is 0 Å². The number of fused-ring (bicyclic) bond motifs is 1. The summed E-state index contributed by atoms with van der Waals surface area (Å²) in [5, 5.41) is 4.71. The maximum Gasteiger partial charge on any atom is 0.287 e. The second-order valence-corrected chi connectivity index (χ2v) is 4.79. The van der Waals surface area contributed by atoms with Crippen molar-refractivity contribution in [2.45, 2.75) is 19.4 Å². The number of carbonyl (C=O) groups is 1. The van der Waals surface area contributed by atoms with E-state index in [1.165, 1.54) is 0 Å². The number of benzene rings is 1. The molecule has 0 radical (unpaired) electrons. The topological polar surface area (TPSA) is 42.2 Å². The molecular weight excluding hydrogens is 282 g/mol. The number of amides is 1. The molecule has 0 aliphatic carbocycles. The third-order valence-corrected chi connectivity index (χ3v) is 3.03. The molecule has 3 nitrogen and oxygen atoms in total. The lowest BCUT2D eigenvalue weighted by Gasteiger charge is -2.10. The number of alkyl halides is 1. The Labute approximate surface area is 108 Å². The van der Waals surface area contributed by atoms with Crippen LogP contribution in [0.2, 0.25) is 0 Å². The molecular formula is C13H14BrNO2. The van der Waals surface area contributed by atoms with Gasteiger partial charge in [0.1, 0.15) is 5.58 Å². The first kappa shape index (κ1) is 12.2. The lowest BCUT2D eigenvalue weighted by Crippen LogP contribution is -2.32. The van der Waals surface area contributed by atoms with Crippen LogP contribution in [0.25, 0.3) is 11.0 Å². The Morgan fingerprint density at radius 1 is 1.47 bits per heavy atom. The molecule has 1 unspecified atom stereocenters. The van der Waals surface area contributed by atoms with E-state index in [2.05, 4.69) is 21.2 Å². The number of nitrogens with one attached hydrogen (secondary N) is 1. The average Bonchev–Trinajstić information content (AvgIpc) is 2.72. The Morgan fingerprint density at radius 3 is 2.94 bits per heavy atom. The van der Waals surface area contributed by atoms with E-state index in [1.807, 2.05) is 31.2 Å². The second kappa shape index (κ2) is 5.36. The van der Waals surface area contributed by atoms with Crippen molar-refractivity contribution >= 4 is 32.8 Å². The number of rotatable bonds is 4. The largest absolute Gasteiger partial charge is 0.451 e. The van der Waals surface area contributed by atoms with Crippen molar-refractivity contribution in [3.8, 4) is 0 Å². The van der Waals surface area contributed by atoms with E-state index in [0.29, 0.717) is 5.76 Å². The predicted octanol–water partition coefficient (Wildman–Crippen LogP) is 3.34. The third kappa shape index (κ3) is 2.88. The van der Waals surface area contributed by atoms with Gasteiger partial charge in [-0.3, -0.25) is 4.79 Å². The highest BCUT2D eigenvalue weighted by atomic mass is 79.9. The lowest BCUT2D eigenvalue weighted by atomic mass is 10.2. The normalized spacial score (nSPS) is 12.6. The summed E-state index contributed by atoms with van der Waals surface area (Å²) in [6.45, 7) is 1.97. The fourth-order valence-corrected chi connectivity index (χ4v) is 2.31. The van der Waals surface area contributed by atoms with Crippen molar-refractivity contribution in [2.75, 3.05) is 5.33 Å². The van der Waals surface area contributed by atoms with Gasteiger partial charge in [-0.05, 0) is 25.5 Å². The van der Waals surface area contributed by atoms with Crippen molar-refractivity contribution in [3.63, 3.8) is 0 Å². The van der Waals surface area contributed by atoms with E-state index in [4.69, 9.17) is 4.42 Å². The van der Waals surface area contributed by atoms with Crippen LogP contribution in [-0.4, -0.2) is 17.3 Å². The highest BCUT2D eigenvalue weighted by Gasteiger charge is 2.13. The van der Waals surface area contributed by atoms with Crippen LogP contribution in [0.5, 0.6) is 0 Å². The Morgan fingerprint density at radius 2 is 2.24 bits per heavy atom. The van der Waals surface area contributed by atoms with Crippen LogP contribution >= 0.6 is 15.9 Å². The van der Waals surface area contributed by atoms with E-state index in [9.17, 15) is 4.79 Å². The van der Waals surface area contributed by atoms with Gasteiger partial charge in [-0.1, -0.05) is 34.1 Å². The van der Waals surface area contributed by atoms with Gasteiger partial charge in [0.2, 0.25) is 0 Å². The van der Waals surface area contributed by atoms with Crippen LogP contribution < -0.4 is 5.32 Å². The Bertz CT molecular complexity index is 488. The maximum absolute atomic E-state index is 11.9. The highest BCUT2D eigenvalue weighted by molar-refractivity contribution is 9.09. The summed E-state index contributed by atoms with van der Waals surface area (Å²) in [4.78, 5) is 11.9. The molecule has 2 aromatic rings. The summed E-state index contributed by atoms with van der Waals surface area (Å²) in [5.41, 5.74) is 0.741. The fourth-order valence-electron chi connectivity index (χ4n) is 1.62. The molecule has 1 amide bonds.